The number of methoxy groups -OCH3 is 1. The molecule has 7 rings (SSSR count). The number of carbonyl (C=O) groups is 4. The molecule has 4 aliphatic rings. The number of hydrogen-bond donors (Lipinski definition) is 2. The van der Waals surface area contributed by atoms with E-state index in [1.54, 1.807) is 43.3 Å². The Labute approximate surface area is 279 Å². The maximum absolute atomic E-state index is 15.2. The van der Waals surface area contributed by atoms with Crippen molar-refractivity contribution in [1.29, 1.82) is 0 Å². The molecule has 0 aromatic heterocycles. The number of imide groups is 2. The molecule has 9 nitrogen and oxygen atoms in total. The molecule has 4 amide bonds. The van der Waals surface area contributed by atoms with E-state index in [0.717, 1.165) is 5.01 Å². The zero-order valence-corrected chi connectivity index (χ0v) is 26.9. The summed E-state index contributed by atoms with van der Waals surface area (Å²) in [5.41, 5.74) is 3.06. The van der Waals surface area contributed by atoms with E-state index in [4.69, 9.17) is 27.9 Å². The summed E-state index contributed by atoms with van der Waals surface area (Å²) in [6, 6.07) is 15.3. The average molecular weight is 679 g/mol. The number of phenolic OH excluding ortho intramolecular Hbond substituents is 1. The first-order valence-corrected chi connectivity index (χ1v) is 16.1. The van der Waals surface area contributed by atoms with Gasteiger partial charge in [-0.25, -0.2) is 4.39 Å². The molecule has 2 heterocycles. The van der Waals surface area contributed by atoms with E-state index in [0.29, 0.717) is 27.5 Å². The highest BCUT2D eigenvalue weighted by Gasteiger charge is 2.70. The van der Waals surface area contributed by atoms with E-state index in [2.05, 4.69) is 5.43 Å². The van der Waals surface area contributed by atoms with Gasteiger partial charge in [0.1, 0.15) is 5.75 Å². The van der Waals surface area contributed by atoms with E-state index >= 15 is 9.18 Å². The van der Waals surface area contributed by atoms with Crippen LogP contribution in [0, 0.1) is 29.5 Å². The highest BCUT2D eigenvalue weighted by atomic mass is 35.5. The lowest BCUT2D eigenvalue weighted by atomic mass is 9.49. The van der Waals surface area contributed by atoms with Gasteiger partial charge in [0.2, 0.25) is 11.8 Å². The number of hydrazine groups is 1. The molecule has 242 valence electrons. The maximum atomic E-state index is 15.2. The van der Waals surface area contributed by atoms with Crippen LogP contribution in [0.3, 0.4) is 0 Å². The molecule has 3 fully saturated rings. The molecule has 3 aromatic rings. The average Bonchev–Trinajstić information content (AvgIpc) is 3.44. The second-order valence-electron chi connectivity index (χ2n) is 12.3. The fourth-order valence-corrected chi connectivity index (χ4v) is 8.75. The molecule has 2 aliphatic heterocycles. The van der Waals surface area contributed by atoms with Crippen molar-refractivity contribution >= 4 is 52.5 Å². The number of fused-ring (bicyclic) bond motifs is 4. The molecule has 12 heteroatoms. The van der Waals surface area contributed by atoms with Crippen LogP contribution in [-0.4, -0.2) is 52.3 Å². The van der Waals surface area contributed by atoms with Crippen LogP contribution in [0.4, 0.5) is 10.1 Å². The first-order valence-electron chi connectivity index (χ1n) is 15.3. The van der Waals surface area contributed by atoms with Gasteiger partial charge in [0.15, 0.2) is 11.6 Å². The predicted molar refractivity (Wildman–Crippen MR) is 171 cm³/mol. The normalized spacial score (nSPS) is 28.2. The second-order valence-corrected chi connectivity index (χ2v) is 13.2. The molecule has 1 saturated carbocycles. The number of allylic oxidation sites excluding steroid dienone is 2. The first kappa shape index (κ1) is 31.2. The number of nitrogens with zero attached hydrogens (tertiary/aromatic N) is 2. The van der Waals surface area contributed by atoms with Crippen LogP contribution in [0.2, 0.25) is 10.0 Å². The van der Waals surface area contributed by atoms with Crippen molar-refractivity contribution in [3.05, 3.63) is 99.3 Å². The molecule has 0 radical (unpaired) electrons. The van der Waals surface area contributed by atoms with Crippen LogP contribution >= 0.6 is 23.2 Å². The van der Waals surface area contributed by atoms with Crippen molar-refractivity contribution in [2.75, 3.05) is 19.1 Å². The molecular weight excluding hydrogens is 648 g/mol. The van der Waals surface area contributed by atoms with Gasteiger partial charge in [-0.2, -0.15) is 5.01 Å². The van der Waals surface area contributed by atoms with Crippen LogP contribution in [0.5, 0.6) is 11.5 Å². The van der Waals surface area contributed by atoms with Crippen molar-refractivity contribution < 1.29 is 33.4 Å². The minimum atomic E-state index is -1.62. The molecule has 6 atom stereocenters. The van der Waals surface area contributed by atoms with E-state index < -0.39 is 58.4 Å². The van der Waals surface area contributed by atoms with Gasteiger partial charge in [0.05, 0.1) is 41.0 Å². The fraction of sp³-hybridized carbons (Fsp3) is 0.314. The molecule has 2 saturated heterocycles. The molecule has 2 N–H and O–H groups in total. The van der Waals surface area contributed by atoms with Crippen molar-refractivity contribution in [3.8, 4) is 11.5 Å². The molecule has 0 unspecified atom stereocenters. The Morgan fingerprint density at radius 1 is 0.979 bits per heavy atom. The number of rotatable bonds is 6. The monoisotopic (exact) mass is 677 g/mol. The van der Waals surface area contributed by atoms with Gasteiger partial charge < -0.3 is 9.84 Å². The van der Waals surface area contributed by atoms with Crippen LogP contribution in [0.1, 0.15) is 36.8 Å². The third-order valence-electron chi connectivity index (χ3n) is 10.3. The minimum Gasteiger partial charge on any atom is -0.505 e. The number of nitrogens with one attached hydrogen (secondary N) is 1. The number of halogens is 3. The molecule has 3 aromatic carbocycles. The third-order valence-corrected chi connectivity index (χ3v) is 10.8. The Morgan fingerprint density at radius 3 is 2.38 bits per heavy atom. The number of aromatic hydroxyl groups is 1. The lowest BCUT2D eigenvalue weighted by Gasteiger charge is -2.50. The topological polar surface area (TPSA) is 116 Å². The number of phenols is 1. The molecular formula is C35H30Cl2FN3O6. The molecule has 0 spiro atoms. The minimum absolute atomic E-state index is 0.0871. The van der Waals surface area contributed by atoms with Crippen LogP contribution in [-0.2, 0) is 24.6 Å². The van der Waals surface area contributed by atoms with Crippen LogP contribution < -0.4 is 10.2 Å². The SMILES string of the molecule is CCN1C(=O)[C@H]2[C@H](CC=C3[C@H]2C[C@H]2C(=O)N(Nc4ccc(Cl)cc4Cl)C(=O)[C@@]2(c2ccc(OC)cc2)[C@H]3c2ccc(O)c(F)c2)C1=O. The van der Waals surface area contributed by atoms with Crippen LogP contribution in [0.15, 0.2) is 72.3 Å². The Bertz CT molecular complexity index is 1880. The summed E-state index contributed by atoms with van der Waals surface area (Å²) in [6.07, 6.45) is 2.23. The van der Waals surface area contributed by atoms with Crippen molar-refractivity contribution in [2.45, 2.75) is 31.1 Å². The molecule has 2 aliphatic carbocycles. The standard InChI is InChI=1S/C35H30Cl2FN3O6/c1-3-40-31(43)22-11-10-21-23(29(22)33(40)45)16-24-32(44)41(39-27-12-7-19(36)15-25(27)37)34(46)35(24,18-5-8-20(47-2)9-6-18)30(21)17-4-13-28(42)26(38)14-17/h4-10,12-15,22-24,29-30,39,42H,3,11,16H2,1-2H3/t22-,23+,24-,29-,30-,35+/m0/s1. The van der Waals surface area contributed by atoms with E-state index in [9.17, 15) is 19.5 Å². The summed E-state index contributed by atoms with van der Waals surface area (Å²) in [7, 11) is 1.51. The summed E-state index contributed by atoms with van der Waals surface area (Å²) in [5, 5.41) is 11.6. The quantitative estimate of drug-likeness (QED) is 0.248. The Balaban J connectivity index is 1.47. The van der Waals surface area contributed by atoms with Gasteiger partial charge in [-0.1, -0.05) is 53.1 Å². The summed E-state index contributed by atoms with van der Waals surface area (Å²) >= 11 is 12.6. The van der Waals surface area contributed by atoms with E-state index in [1.807, 2.05) is 6.08 Å². The van der Waals surface area contributed by atoms with Crippen molar-refractivity contribution in [3.63, 3.8) is 0 Å². The van der Waals surface area contributed by atoms with Gasteiger partial charge in [0.25, 0.3) is 11.8 Å². The zero-order chi connectivity index (χ0) is 33.4. The maximum Gasteiger partial charge on any atom is 0.260 e. The summed E-state index contributed by atoms with van der Waals surface area (Å²) in [6.45, 7) is 1.96. The number of ether oxygens (including phenoxy) is 1. The Morgan fingerprint density at radius 2 is 1.72 bits per heavy atom. The number of carbonyl (C=O) groups excluding carboxylic acids is 4. The van der Waals surface area contributed by atoms with E-state index in [-0.39, 0.29) is 41.9 Å². The van der Waals surface area contributed by atoms with Crippen LogP contribution in [0.25, 0.3) is 0 Å². The fourth-order valence-electron chi connectivity index (χ4n) is 8.30. The largest absolute Gasteiger partial charge is 0.505 e. The number of amides is 4. The Kier molecular flexibility index (Phi) is 7.56. The van der Waals surface area contributed by atoms with Gasteiger partial charge in [-0.05, 0) is 79.3 Å². The third kappa shape index (κ3) is 4.48. The summed E-state index contributed by atoms with van der Waals surface area (Å²) < 4.78 is 20.6. The number of anilines is 1. The van der Waals surface area contributed by atoms with E-state index in [1.165, 1.54) is 36.3 Å². The van der Waals surface area contributed by atoms with Gasteiger partial charge in [-0.3, -0.25) is 29.5 Å². The predicted octanol–water partition coefficient (Wildman–Crippen LogP) is 5.85. The lowest BCUT2D eigenvalue weighted by Crippen LogP contribution is -2.53. The lowest BCUT2D eigenvalue weighted by molar-refractivity contribution is -0.141. The highest BCUT2D eigenvalue weighted by Crippen LogP contribution is 2.64. The molecule has 47 heavy (non-hydrogen) atoms. The van der Waals surface area contributed by atoms with Gasteiger partial charge >= 0.3 is 0 Å². The smallest absolute Gasteiger partial charge is 0.260 e. The van der Waals surface area contributed by atoms with Gasteiger partial charge in [-0.15, -0.1) is 0 Å². The summed E-state index contributed by atoms with van der Waals surface area (Å²) in [4.78, 5) is 58.1. The highest BCUT2D eigenvalue weighted by molar-refractivity contribution is 6.36. The number of likely N-dealkylation sites (tertiary alicyclic amines) is 1. The number of benzene rings is 3. The van der Waals surface area contributed by atoms with Crippen molar-refractivity contribution in [2.24, 2.45) is 23.7 Å². The molecule has 0 bridgehead atoms. The summed E-state index contributed by atoms with van der Waals surface area (Å²) in [5.74, 6) is -6.60. The first-order chi connectivity index (χ1) is 22.5. The second kappa shape index (κ2) is 11.4. The Hall–Kier alpha value is -4.41. The van der Waals surface area contributed by atoms with Gasteiger partial charge in [0, 0.05) is 17.5 Å². The van der Waals surface area contributed by atoms with Crippen molar-refractivity contribution in [1.82, 2.24) is 9.91 Å². The number of hydrogen-bond acceptors (Lipinski definition) is 7. The zero-order valence-electron chi connectivity index (χ0n) is 25.4.